The molecule has 3 rings (SSSR count). The van der Waals surface area contributed by atoms with Crippen LogP contribution in [0.2, 0.25) is 5.28 Å². The second-order valence-corrected chi connectivity index (χ2v) is 4.19. The molecule has 84 valence electrons. The molecule has 3 heterocycles. The maximum atomic E-state index is 11.9. The van der Waals surface area contributed by atoms with Crippen molar-refractivity contribution < 1.29 is 14.3 Å². The number of carbonyl (C=O) groups excluding carboxylic acids is 1. The summed E-state index contributed by atoms with van der Waals surface area (Å²) < 4.78 is 10.7. The second kappa shape index (κ2) is 3.48. The van der Waals surface area contributed by atoms with E-state index in [0.29, 0.717) is 25.3 Å². The fourth-order valence-electron chi connectivity index (χ4n) is 2.15. The lowest BCUT2D eigenvalue weighted by molar-refractivity contribution is -0.162. The molecule has 0 saturated carbocycles. The number of Topliss-reactive ketones (excluding diaryl/α,β-unsaturated/α-hetero) is 1. The zero-order valence-corrected chi connectivity index (χ0v) is 9.16. The molecular weight excluding hydrogens is 232 g/mol. The normalized spacial score (nSPS) is 28.4. The van der Waals surface area contributed by atoms with Crippen molar-refractivity contribution in [3.63, 3.8) is 0 Å². The molecule has 0 aromatic carbocycles. The van der Waals surface area contributed by atoms with Crippen LogP contribution in [-0.4, -0.2) is 29.0 Å². The van der Waals surface area contributed by atoms with Gasteiger partial charge in [0.25, 0.3) is 0 Å². The van der Waals surface area contributed by atoms with Gasteiger partial charge in [0.2, 0.25) is 5.28 Å². The van der Waals surface area contributed by atoms with Gasteiger partial charge < -0.3 is 9.47 Å². The Kier molecular flexibility index (Phi) is 2.20. The minimum absolute atomic E-state index is 0.0705. The zero-order chi connectivity index (χ0) is 11.2. The number of hydrogen-bond acceptors (Lipinski definition) is 5. The van der Waals surface area contributed by atoms with E-state index in [9.17, 15) is 4.79 Å². The first-order valence-corrected chi connectivity index (χ1v) is 5.37. The predicted octanol–water partition coefficient (Wildman–Crippen LogP) is 0.845. The average molecular weight is 241 g/mol. The quantitative estimate of drug-likeness (QED) is 0.629. The SMILES string of the molecule is O=C1COCCC12OCc1cnc(Cl)nc12. The molecule has 5 nitrogen and oxygen atoms in total. The number of rotatable bonds is 0. The third-order valence-electron chi connectivity index (χ3n) is 2.97. The van der Waals surface area contributed by atoms with Crippen LogP contribution in [0, 0.1) is 0 Å². The van der Waals surface area contributed by atoms with Crippen LogP contribution >= 0.6 is 11.6 Å². The van der Waals surface area contributed by atoms with Gasteiger partial charge in [-0.2, -0.15) is 0 Å². The zero-order valence-electron chi connectivity index (χ0n) is 8.40. The molecule has 0 amide bonds. The number of nitrogens with zero attached hydrogens (tertiary/aromatic N) is 2. The van der Waals surface area contributed by atoms with Crippen LogP contribution in [0.25, 0.3) is 0 Å². The highest BCUT2D eigenvalue weighted by molar-refractivity contribution is 6.28. The standard InChI is InChI=1S/C10H9ClN2O3/c11-9-12-3-6-4-16-10(8(6)13-9)1-2-15-5-7(10)14/h3H,1-2,4-5H2. The van der Waals surface area contributed by atoms with Crippen LogP contribution in [0.4, 0.5) is 0 Å². The van der Waals surface area contributed by atoms with Crippen molar-refractivity contribution in [2.75, 3.05) is 13.2 Å². The molecule has 1 aromatic heterocycles. The van der Waals surface area contributed by atoms with Gasteiger partial charge in [-0.25, -0.2) is 9.97 Å². The van der Waals surface area contributed by atoms with Gasteiger partial charge >= 0.3 is 0 Å². The van der Waals surface area contributed by atoms with E-state index >= 15 is 0 Å². The van der Waals surface area contributed by atoms with Crippen molar-refractivity contribution in [2.45, 2.75) is 18.6 Å². The van der Waals surface area contributed by atoms with Crippen LogP contribution in [0.1, 0.15) is 17.7 Å². The fourth-order valence-corrected chi connectivity index (χ4v) is 2.28. The van der Waals surface area contributed by atoms with Crippen LogP contribution in [-0.2, 0) is 26.5 Å². The smallest absolute Gasteiger partial charge is 0.222 e. The number of hydrogen-bond donors (Lipinski definition) is 0. The van der Waals surface area contributed by atoms with Gasteiger partial charge in [0, 0.05) is 18.2 Å². The van der Waals surface area contributed by atoms with Crippen LogP contribution < -0.4 is 0 Å². The van der Waals surface area contributed by atoms with Crippen molar-refractivity contribution >= 4 is 17.4 Å². The largest absolute Gasteiger partial charge is 0.373 e. The Bertz CT molecular complexity index is 461. The van der Waals surface area contributed by atoms with E-state index in [0.717, 1.165) is 5.56 Å². The van der Waals surface area contributed by atoms with E-state index in [1.54, 1.807) is 6.20 Å². The van der Waals surface area contributed by atoms with Crippen molar-refractivity contribution in [3.05, 3.63) is 22.7 Å². The maximum Gasteiger partial charge on any atom is 0.222 e. The van der Waals surface area contributed by atoms with Crippen molar-refractivity contribution in [3.8, 4) is 0 Å². The van der Waals surface area contributed by atoms with E-state index in [2.05, 4.69) is 9.97 Å². The molecule has 0 aliphatic carbocycles. The van der Waals surface area contributed by atoms with Gasteiger partial charge in [0.15, 0.2) is 11.4 Å². The predicted molar refractivity (Wildman–Crippen MR) is 54.0 cm³/mol. The van der Waals surface area contributed by atoms with Gasteiger partial charge in [0.05, 0.1) is 18.9 Å². The maximum absolute atomic E-state index is 11.9. The summed E-state index contributed by atoms with van der Waals surface area (Å²) in [5, 5.41) is 0.142. The summed E-state index contributed by atoms with van der Waals surface area (Å²) in [4.78, 5) is 20.0. The van der Waals surface area contributed by atoms with Gasteiger partial charge in [-0.1, -0.05) is 0 Å². The molecule has 1 aromatic rings. The van der Waals surface area contributed by atoms with Crippen molar-refractivity contribution in [2.24, 2.45) is 0 Å². The highest BCUT2D eigenvalue weighted by atomic mass is 35.5. The Hall–Kier alpha value is -1.04. The van der Waals surface area contributed by atoms with Gasteiger partial charge in [-0.05, 0) is 11.6 Å². The molecule has 1 saturated heterocycles. The molecule has 0 N–H and O–H groups in total. The Morgan fingerprint density at radius 3 is 3.12 bits per heavy atom. The summed E-state index contributed by atoms with van der Waals surface area (Å²) in [7, 11) is 0. The molecule has 1 atom stereocenters. The topological polar surface area (TPSA) is 61.3 Å². The second-order valence-electron chi connectivity index (χ2n) is 3.85. The first kappa shape index (κ1) is 10.1. The lowest BCUT2D eigenvalue weighted by atomic mass is 9.89. The molecule has 1 spiro atoms. The Morgan fingerprint density at radius 1 is 1.44 bits per heavy atom. The van der Waals surface area contributed by atoms with Crippen LogP contribution in [0.5, 0.6) is 0 Å². The molecule has 6 heteroatoms. The number of aromatic nitrogens is 2. The van der Waals surface area contributed by atoms with E-state index in [-0.39, 0.29) is 17.7 Å². The lowest BCUT2D eigenvalue weighted by Gasteiger charge is -2.30. The number of carbonyl (C=O) groups is 1. The first-order valence-electron chi connectivity index (χ1n) is 4.99. The number of ketones is 1. The molecule has 0 bridgehead atoms. The third kappa shape index (κ3) is 1.29. The third-order valence-corrected chi connectivity index (χ3v) is 3.16. The summed E-state index contributed by atoms with van der Waals surface area (Å²) >= 11 is 5.75. The molecule has 2 aliphatic rings. The lowest BCUT2D eigenvalue weighted by Crippen LogP contribution is -2.43. The summed E-state index contributed by atoms with van der Waals surface area (Å²) in [5.41, 5.74) is 0.501. The minimum Gasteiger partial charge on any atom is -0.373 e. The minimum atomic E-state index is -0.944. The Morgan fingerprint density at radius 2 is 2.31 bits per heavy atom. The summed E-state index contributed by atoms with van der Waals surface area (Å²) in [5.74, 6) is -0.0905. The fraction of sp³-hybridized carbons (Fsp3) is 0.500. The molecular formula is C10H9ClN2O3. The molecule has 0 radical (unpaired) electrons. The van der Waals surface area contributed by atoms with Crippen LogP contribution in [0.3, 0.4) is 0 Å². The first-order chi connectivity index (χ1) is 7.72. The molecule has 16 heavy (non-hydrogen) atoms. The van der Waals surface area contributed by atoms with Crippen LogP contribution in [0.15, 0.2) is 6.20 Å². The highest BCUT2D eigenvalue weighted by Crippen LogP contribution is 2.40. The Labute approximate surface area is 96.7 Å². The Balaban J connectivity index is 2.12. The monoisotopic (exact) mass is 240 g/mol. The number of fused-ring (bicyclic) bond motifs is 2. The van der Waals surface area contributed by atoms with E-state index in [1.807, 2.05) is 0 Å². The number of ether oxygens (including phenoxy) is 2. The molecule has 1 fully saturated rings. The van der Waals surface area contributed by atoms with Gasteiger partial charge in [-0.3, -0.25) is 4.79 Å². The average Bonchev–Trinajstić information content (AvgIpc) is 2.63. The van der Waals surface area contributed by atoms with Gasteiger partial charge in [-0.15, -0.1) is 0 Å². The molecule has 1 unspecified atom stereocenters. The van der Waals surface area contributed by atoms with E-state index in [1.165, 1.54) is 0 Å². The molecule has 2 aliphatic heterocycles. The summed E-state index contributed by atoms with van der Waals surface area (Å²) in [6, 6.07) is 0. The summed E-state index contributed by atoms with van der Waals surface area (Å²) in [6.45, 7) is 0.923. The van der Waals surface area contributed by atoms with Gasteiger partial charge in [0.1, 0.15) is 6.61 Å². The van der Waals surface area contributed by atoms with Crippen molar-refractivity contribution in [1.82, 2.24) is 9.97 Å². The van der Waals surface area contributed by atoms with E-state index < -0.39 is 5.60 Å². The number of halogens is 1. The van der Waals surface area contributed by atoms with E-state index in [4.69, 9.17) is 21.1 Å². The van der Waals surface area contributed by atoms with Crippen molar-refractivity contribution in [1.29, 1.82) is 0 Å². The summed E-state index contributed by atoms with van der Waals surface area (Å²) in [6.07, 6.45) is 2.11. The highest BCUT2D eigenvalue weighted by Gasteiger charge is 2.49.